The second-order valence-corrected chi connectivity index (χ2v) is 8.14. The first-order chi connectivity index (χ1) is 10.2. The molecule has 0 saturated heterocycles. The Morgan fingerprint density at radius 1 is 1.09 bits per heavy atom. The lowest BCUT2D eigenvalue weighted by Crippen LogP contribution is -2.41. The van der Waals surface area contributed by atoms with Crippen LogP contribution in [0.2, 0.25) is 0 Å². The molecule has 0 amide bonds. The quantitative estimate of drug-likeness (QED) is 0.304. The van der Waals surface area contributed by atoms with Gasteiger partial charge in [-0.05, 0) is 49.4 Å². The fourth-order valence-electron chi connectivity index (χ4n) is 3.94. The number of hydrogen-bond donors (Lipinski definition) is 0. The number of hydrogen-bond acceptors (Lipinski definition) is 0. The molecule has 0 aromatic rings. The summed E-state index contributed by atoms with van der Waals surface area (Å²) in [5.41, 5.74) is 2.01. The normalized spacial score (nSPS) is 15.6. The van der Waals surface area contributed by atoms with Gasteiger partial charge in [0, 0.05) is 5.92 Å². The first-order valence-corrected chi connectivity index (χ1v) is 9.12. The summed E-state index contributed by atoms with van der Waals surface area (Å²) in [6.07, 6.45) is 13.9. The van der Waals surface area contributed by atoms with Crippen molar-refractivity contribution in [2.24, 2.45) is 22.7 Å². The monoisotopic (exact) mass is 304 g/mol. The molecule has 0 aromatic carbocycles. The van der Waals surface area contributed by atoms with Crippen molar-refractivity contribution < 1.29 is 0 Å². The van der Waals surface area contributed by atoms with Crippen LogP contribution in [0, 0.1) is 22.7 Å². The van der Waals surface area contributed by atoms with Crippen molar-refractivity contribution in [1.82, 2.24) is 0 Å². The van der Waals surface area contributed by atoms with Crippen molar-refractivity contribution >= 4 is 0 Å². The van der Waals surface area contributed by atoms with Crippen molar-refractivity contribution in [2.75, 3.05) is 0 Å². The summed E-state index contributed by atoms with van der Waals surface area (Å²) in [6, 6.07) is 0. The molecule has 0 aromatic heterocycles. The van der Waals surface area contributed by atoms with Gasteiger partial charge in [-0.1, -0.05) is 84.9 Å². The van der Waals surface area contributed by atoms with Crippen LogP contribution in [-0.4, -0.2) is 0 Å². The SMILES string of the molecule is C=CC=C(C)C(C=CCCC(C)C)C(CC)(CC)C(C)(C)C. The fraction of sp³-hybridized carbons (Fsp3) is 0.727. The first-order valence-electron chi connectivity index (χ1n) is 9.12. The average Bonchev–Trinajstić information content (AvgIpc) is 2.41. The predicted octanol–water partition coefficient (Wildman–Crippen LogP) is 7.58. The zero-order chi connectivity index (χ0) is 17.4. The molecule has 0 aliphatic rings. The van der Waals surface area contributed by atoms with E-state index in [1.54, 1.807) is 0 Å². The van der Waals surface area contributed by atoms with Crippen LogP contribution >= 0.6 is 0 Å². The molecule has 0 spiro atoms. The predicted molar refractivity (Wildman–Crippen MR) is 103 cm³/mol. The van der Waals surface area contributed by atoms with Gasteiger partial charge in [-0.25, -0.2) is 0 Å². The molecule has 1 atom stereocenters. The minimum atomic E-state index is 0.278. The highest BCUT2D eigenvalue weighted by Gasteiger charge is 2.44. The molecule has 0 radical (unpaired) electrons. The van der Waals surface area contributed by atoms with E-state index in [1.807, 2.05) is 6.08 Å². The Kier molecular flexibility index (Phi) is 9.05. The Balaban J connectivity index is 5.63. The summed E-state index contributed by atoms with van der Waals surface area (Å²) < 4.78 is 0. The van der Waals surface area contributed by atoms with Crippen molar-refractivity contribution in [3.8, 4) is 0 Å². The molecule has 1 unspecified atom stereocenters. The molecule has 22 heavy (non-hydrogen) atoms. The lowest BCUT2D eigenvalue weighted by atomic mass is 9.55. The van der Waals surface area contributed by atoms with Gasteiger partial charge in [-0.2, -0.15) is 0 Å². The lowest BCUT2D eigenvalue weighted by molar-refractivity contribution is 0.0405. The van der Waals surface area contributed by atoms with Crippen LogP contribution in [0.5, 0.6) is 0 Å². The molecule has 0 fully saturated rings. The summed E-state index contributed by atoms with van der Waals surface area (Å²) in [5, 5.41) is 0. The van der Waals surface area contributed by atoms with Crippen molar-refractivity contribution in [2.45, 2.75) is 81.1 Å². The van der Waals surface area contributed by atoms with E-state index in [-0.39, 0.29) is 5.41 Å². The summed E-state index contributed by atoms with van der Waals surface area (Å²) in [7, 11) is 0. The molecule has 0 aliphatic heterocycles. The van der Waals surface area contributed by atoms with Crippen molar-refractivity contribution in [3.63, 3.8) is 0 Å². The first kappa shape index (κ1) is 21.2. The van der Waals surface area contributed by atoms with Gasteiger partial charge in [0.2, 0.25) is 0 Å². The van der Waals surface area contributed by atoms with Gasteiger partial charge in [0.15, 0.2) is 0 Å². The second-order valence-electron chi connectivity index (χ2n) is 8.14. The second kappa shape index (κ2) is 9.38. The van der Waals surface area contributed by atoms with Gasteiger partial charge in [-0.3, -0.25) is 0 Å². The maximum absolute atomic E-state index is 3.90. The topological polar surface area (TPSA) is 0 Å². The van der Waals surface area contributed by atoms with Crippen LogP contribution in [0.1, 0.15) is 81.1 Å². The van der Waals surface area contributed by atoms with E-state index in [1.165, 1.54) is 31.3 Å². The molecule has 128 valence electrons. The van der Waals surface area contributed by atoms with E-state index in [4.69, 9.17) is 0 Å². The van der Waals surface area contributed by atoms with Crippen LogP contribution in [-0.2, 0) is 0 Å². The van der Waals surface area contributed by atoms with Crippen LogP contribution in [0.25, 0.3) is 0 Å². The molecule has 0 N–H and O–H groups in total. The summed E-state index contributed by atoms with van der Waals surface area (Å²) >= 11 is 0. The minimum absolute atomic E-state index is 0.278. The number of rotatable bonds is 9. The van der Waals surface area contributed by atoms with Gasteiger partial charge in [0.1, 0.15) is 0 Å². The highest BCUT2D eigenvalue weighted by Crippen LogP contribution is 2.53. The van der Waals surface area contributed by atoms with Crippen LogP contribution in [0.3, 0.4) is 0 Å². The highest BCUT2D eigenvalue weighted by molar-refractivity contribution is 5.21. The van der Waals surface area contributed by atoms with Crippen LogP contribution < -0.4 is 0 Å². The Morgan fingerprint density at radius 2 is 1.64 bits per heavy atom. The molecule has 0 aliphatic carbocycles. The third-order valence-corrected chi connectivity index (χ3v) is 5.46. The molecule has 0 heterocycles. The van der Waals surface area contributed by atoms with Gasteiger partial charge < -0.3 is 0 Å². The lowest BCUT2D eigenvalue weighted by Gasteiger charge is -2.49. The molecular formula is C22H40. The maximum Gasteiger partial charge on any atom is 0.00384 e. The average molecular weight is 305 g/mol. The maximum atomic E-state index is 3.90. The van der Waals surface area contributed by atoms with Gasteiger partial charge >= 0.3 is 0 Å². The zero-order valence-corrected chi connectivity index (χ0v) is 16.5. The molecule has 0 saturated carbocycles. The number of allylic oxidation sites excluding steroid dienone is 5. The standard InChI is InChI=1S/C22H40/c1-10-15-19(6)20(17-14-13-16-18(4)5)22(11-2,12-3)21(7,8)9/h10,14-15,17-18,20H,1,11-13,16H2,2-9H3. The van der Waals surface area contributed by atoms with E-state index < -0.39 is 0 Å². The van der Waals surface area contributed by atoms with E-state index in [0.29, 0.717) is 11.3 Å². The smallest absolute Gasteiger partial charge is 0.00384 e. The summed E-state index contributed by atoms with van der Waals surface area (Å²) in [6.45, 7) is 22.7. The Hall–Kier alpha value is -0.780. The van der Waals surface area contributed by atoms with Crippen molar-refractivity contribution in [3.05, 3.63) is 36.5 Å². The highest BCUT2D eigenvalue weighted by atomic mass is 14.5. The van der Waals surface area contributed by atoms with E-state index in [2.05, 4.69) is 80.2 Å². The third kappa shape index (κ3) is 5.45. The summed E-state index contributed by atoms with van der Waals surface area (Å²) in [4.78, 5) is 0. The molecule has 0 bridgehead atoms. The van der Waals surface area contributed by atoms with E-state index in [9.17, 15) is 0 Å². The molecular weight excluding hydrogens is 264 g/mol. The molecule has 0 nitrogen and oxygen atoms in total. The van der Waals surface area contributed by atoms with Crippen LogP contribution in [0.15, 0.2) is 36.5 Å². The van der Waals surface area contributed by atoms with Gasteiger partial charge in [0.05, 0.1) is 0 Å². The van der Waals surface area contributed by atoms with E-state index >= 15 is 0 Å². The van der Waals surface area contributed by atoms with Crippen molar-refractivity contribution in [1.29, 1.82) is 0 Å². The third-order valence-electron chi connectivity index (χ3n) is 5.46. The summed E-state index contributed by atoms with van der Waals surface area (Å²) in [5.74, 6) is 1.27. The Bertz CT molecular complexity index is 369. The minimum Gasteiger partial charge on any atom is -0.0991 e. The van der Waals surface area contributed by atoms with E-state index in [0.717, 1.165) is 5.92 Å². The van der Waals surface area contributed by atoms with Gasteiger partial charge in [0.25, 0.3) is 0 Å². The zero-order valence-electron chi connectivity index (χ0n) is 16.5. The van der Waals surface area contributed by atoms with Crippen LogP contribution in [0.4, 0.5) is 0 Å². The molecule has 0 heteroatoms. The fourth-order valence-corrected chi connectivity index (χ4v) is 3.94. The Morgan fingerprint density at radius 3 is 2.00 bits per heavy atom. The Labute approximate surface area is 140 Å². The van der Waals surface area contributed by atoms with Gasteiger partial charge in [-0.15, -0.1) is 0 Å². The largest absolute Gasteiger partial charge is 0.0991 e. The molecule has 0 rings (SSSR count).